The summed E-state index contributed by atoms with van der Waals surface area (Å²) in [5.41, 5.74) is 0. The molecule has 0 N–H and O–H groups in total. The summed E-state index contributed by atoms with van der Waals surface area (Å²) >= 11 is 0. The smallest absolute Gasteiger partial charge is 0.311 e. The highest BCUT2D eigenvalue weighted by molar-refractivity contribution is 7.54. The first-order valence-corrected chi connectivity index (χ1v) is 3.99. The molecule has 52 valence electrons. The summed E-state index contributed by atoms with van der Waals surface area (Å²) in [4.78, 5) is 0. The van der Waals surface area contributed by atoms with Gasteiger partial charge in [-0.25, -0.2) is 0 Å². The van der Waals surface area contributed by atoms with E-state index in [1.807, 2.05) is 0 Å². The summed E-state index contributed by atoms with van der Waals surface area (Å²) in [5, 5.41) is 8.08. The van der Waals surface area contributed by atoms with E-state index in [4.69, 9.17) is 5.26 Å². The molecule has 5 heteroatoms. The molecule has 0 unspecified atom stereocenters. The molecule has 0 aliphatic carbocycles. The summed E-state index contributed by atoms with van der Waals surface area (Å²) in [6.07, 6.45) is -0.194. The van der Waals surface area contributed by atoms with Crippen molar-refractivity contribution in [1.29, 1.82) is 5.26 Å². The average molecular weight is 149 g/mol. The summed E-state index contributed by atoms with van der Waals surface area (Å²) in [7, 11) is -0.539. The van der Waals surface area contributed by atoms with Gasteiger partial charge in [0, 0.05) is 14.2 Å². The van der Waals surface area contributed by atoms with Crippen LogP contribution in [0.15, 0.2) is 0 Å². The van der Waals surface area contributed by atoms with E-state index in [1.54, 1.807) is 6.07 Å². The molecule has 0 aliphatic heterocycles. The molecule has 0 heterocycles. The third kappa shape index (κ3) is 2.62. The molecule has 0 bridgehead atoms. The molecule has 0 atom stereocenters. The molecule has 0 radical (unpaired) electrons. The Kier molecular flexibility index (Phi) is 3.48. The van der Waals surface area contributed by atoms with Gasteiger partial charge in [-0.05, 0) is 0 Å². The lowest BCUT2D eigenvalue weighted by molar-refractivity contribution is 0.279. The maximum atomic E-state index is 10.9. The first-order valence-electron chi connectivity index (χ1n) is 2.26. The minimum atomic E-state index is -3.04. The molecule has 0 aromatic rings. The fourth-order valence-corrected chi connectivity index (χ4v) is 0.871. The second kappa shape index (κ2) is 3.62. The van der Waals surface area contributed by atoms with Crippen LogP contribution in [0, 0.1) is 11.3 Å². The number of hydrogen-bond acceptors (Lipinski definition) is 4. The van der Waals surface area contributed by atoms with Gasteiger partial charge < -0.3 is 9.05 Å². The zero-order chi connectivity index (χ0) is 7.33. The van der Waals surface area contributed by atoms with E-state index in [2.05, 4.69) is 9.05 Å². The largest absolute Gasteiger partial charge is 0.344 e. The first-order chi connectivity index (χ1) is 4.18. The van der Waals surface area contributed by atoms with Crippen LogP contribution in [0.1, 0.15) is 0 Å². The van der Waals surface area contributed by atoms with Crippen molar-refractivity contribution in [1.82, 2.24) is 0 Å². The highest BCUT2D eigenvalue weighted by Crippen LogP contribution is 2.45. The Bertz CT molecular complexity index is 154. The van der Waals surface area contributed by atoms with Gasteiger partial charge in [-0.2, -0.15) is 5.26 Å². The second-order valence-electron chi connectivity index (χ2n) is 1.29. The third-order valence-electron chi connectivity index (χ3n) is 0.821. The van der Waals surface area contributed by atoms with Crippen molar-refractivity contribution in [2.24, 2.45) is 0 Å². The van der Waals surface area contributed by atoms with Crippen LogP contribution in [-0.2, 0) is 13.6 Å². The molecule has 0 spiro atoms. The lowest BCUT2D eigenvalue weighted by Crippen LogP contribution is -1.90. The van der Waals surface area contributed by atoms with Crippen molar-refractivity contribution >= 4 is 7.60 Å². The van der Waals surface area contributed by atoms with Crippen LogP contribution in [-0.4, -0.2) is 20.4 Å². The Morgan fingerprint density at radius 3 is 2.11 bits per heavy atom. The Morgan fingerprint density at radius 2 is 2.00 bits per heavy atom. The van der Waals surface area contributed by atoms with E-state index in [0.717, 1.165) is 0 Å². The highest BCUT2D eigenvalue weighted by atomic mass is 31.2. The molecule has 0 rings (SSSR count). The number of nitriles is 1. The van der Waals surface area contributed by atoms with Crippen molar-refractivity contribution in [2.75, 3.05) is 20.4 Å². The van der Waals surface area contributed by atoms with Crippen LogP contribution >= 0.6 is 7.60 Å². The zero-order valence-electron chi connectivity index (χ0n) is 5.33. The van der Waals surface area contributed by atoms with E-state index in [-0.39, 0.29) is 6.16 Å². The lowest BCUT2D eigenvalue weighted by atomic mass is 10.9. The Balaban J connectivity index is 3.98. The van der Waals surface area contributed by atoms with Crippen LogP contribution in [0.2, 0.25) is 0 Å². The van der Waals surface area contributed by atoms with Gasteiger partial charge >= 0.3 is 7.60 Å². The predicted molar refractivity (Wildman–Crippen MR) is 32.1 cm³/mol. The van der Waals surface area contributed by atoms with Crippen LogP contribution in [0.5, 0.6) is 0 Å². The highest BCUT2D eigenvalue weighted by Gasteiger charge is 2.19. The monoisotopic (exact) mass is 149 g/mol. The maximum absolute atomic E-state index is 10.9. The summed E-state index contributed by atoms with van der Waals surface area (Å²) < 4.78 is 19.8. The fourth-order valence-electron chi connectivity index (χ4n) is 0.290. The van der Waals surface area contributed by atoms with E-state index in [1.165, 1.54) is 14.2 Å². The predicted octanol–water partition coefficient (Wildman–Crippen LogP) is 0.996. The molecule has 0 saturated heterocycles. The fraction of sp³-hybridized carbons (Fsp3) is 0.750. The van der Waals surface area contributed by atoms with Crippen LogP contribution < -0.4 is 0 Å². The van der Waals surface area contributed by atoms with Crippen molar-refractivity contribution < 1.29 is 13.6 Å². The molecular weight excluding hydrogens is 141 g/mol. The first kappa shape index (κ1) is 8.64. The topological polar surface area (TPSA) is 59.3 Å². The van der Waals surface area contributed by atoms with Gasteiger partial charge in [-0.3, -0.25) is 4.57 Å². The van der Waals surface area contributed by atoms with Gasteiger partial charge in [-0.15, -0.1) is 0 Å². The number of nitrogens with zero attached hydrogens (tertiary/aromatic N) is 1. The molecule has 0 amide bonds. The number of rotatable bonds is 3. The Labute approximate surface area is 53.9 Å². The van der Waals surface area contributed by atoms with Crippen molar-refractivity contribution in [2.45, 2.75) is 0 Å². The van der Waals surface area contributed by atoms with Crippen LogP contribution in [0.3, 0.4) is 0 Å². The second-order valence-corrected chi connectivity index (χ2v) is 3.56. The van der Waals surface area contributed by atoms with E-state index < -0.39 is 7.60 Å². The minimum Gasteiger partial charge on any atom is -0.311 e. The van der Waals surface area contributed by atoms with E-state index in [9.17, 15) is 4.57 Å². The third-order valence-corrected chi connectivity index (χ3v) is 2.46. The molecule has 0 aromatic heterocycles. The van der Waals surface area contributed by atoms with Gasteiger partial charge in [0.25, 0.3) is 0 Å². The van der Waals surface area contributed by atoms with Crippen molar-refractivity contribution in [3.63, 3.8) is 0 Å². The zero-order valence-corrected chi connectivity index (χ0v) is 6.22. The van der Waals surface area contributed by atoms with Gasteiger partial charge in [0.15, 0.2) is 0 Å². The molecule has 0 aromatic carbocycles. The maximum Gasteiger partial charge on any atom is 0.344 e. The van der Waals surface area contributed by atoms with E-state index >= 15 is 0 Å². The Hall–Kier alpha value is -0.360. The van der Waals surface area contributed by atoms with Crippen LogP contribution in [0.25, 0.3) is 0 Å². The molecule has 0 aliphatic rings. The molecule has 4 nitrogen and oxygen atoms in total. The quantitative estimate of drug-likeness (QED) is 0.561. The SMILES string of the molecule is COP(=O)(CC#N)OC. The van der Waals surface area contributed by atoms with Gasteiger partial charge in [-0.1, -0.05) is 0 Å². The standard InChI is InChI=1S/C4H8NO3P/c1-7-9(6,8-2)4-3-5/h4H2,1-2H3. The molecule has 0 fully saturated rings. The molecule has 0 saturated carbocycles. The van der Waals surface area contributed by atoms with Gasteiger partial charge in [0.2, 0.25) is 0 Å². The minimum absolute atomic E-state index is 0.194. The van der Waals surface area contributed by atoms with Crippen molar-refractivity contribution in [3.8, 4) is 6.07 Å². The Morgan fingerprint density at radius 1 is 1.56 bits per heavy atom. The van der Waals surface area contributed by atoms with Crippen LogP contribution in [0.4, 0.5) is 0 Å². The summed E-state index contributed by atoms with van der Waals surface area (Å²) in [5.74, 6) is 0. The van der Waals surface area contributed by atoms with Gasteiger partial charge in [0.05, 0.1) is 6.07 Å². The summed E-state index contributed by atoms with van der Waals surface area (Å²) in [6.45, 7) is 0. The molecule has 9 heavy (non-hydrogen) atoms. The van der Waals surface area contributed by atoms with E-state index in [0.29, 0.717) is 0 Å². The van der Waals surface area contributed by atoms with Gasteiger partial charge in [0.1, 0.15) is 6.16 Å². The lowest BCUT2D eigenvalue weighted by Gasteiger charge is -2.07. The summed E-state index contributed by atoms with van der Waals surface area (Å²) in [6, 6.07) is 1.70. The van der Waals surface area contributed by atoms with Crippen molar-refractivity contribution in [3.05, 3.63) is 0 Å². The number of hydrogen-bond donors (Lipinski definition) is 0. The average Bonchev–Trinajstić information content (AvgIpc) is 1.89. The molecular formula is C4H8NO3P. The normalized spacial score (nSPS) is 10.8.